The molecule has 9 nitrogen and oxygen atoms in total. The predicted molar refractivity (Wildman–Crippen MR) is 145 cm³/mol. The van der Waals surface area contributed by atoms with Crippen LogP contribution in [0.2, 0.25) is 0 Å². The van der Waals surface area contributed by atoms with Gasteiger partial charge >= 0.3 is 0 Å². The van der Waals surface area contributed by atoms with Crippen molar-refractivity contribution in [2.24, 2.45) is 23.7 Å². The molecule has 1 saturated carbocycles. The van der Waals surface area contributed by atoms with Gasteiger partial charge in [-0.1, -0.05) is 24.3 Å². The van der Waals surface area contributed by atoms with E-state index in [2.05, 4.69) is 15.4 Å². The summed E-state index contributed by atoms with van der Waals surface area (Å²) in [5, 5.41) is 12.8. The van der Waals surface area contributed by atoms with Crippen LogP contribution in [0.3, 0.4) is 0 Å². The van der Waals surface area contributed by atoms with Crippen molar-refractivity contribution < 1.29 is 21.9 Å². The molecular formula is C29H33N5O4. The van der Waals surface area contributed by atoms with E-state index in [1.807, 2.05) is 58.3 Å². The van der Waals surface area contributed by atoms with Gasteiger partial charge in [0.1, 0.15) is 23.4 Å². The first-order valence-corrected chi connectivity index (χ1v) is 13.1. The summed E-state index contributed by atoms with van der Waals surface area (Å²) in [6.07, 6.45) is 0. The van der Waals surface area contributed by atoms with Crippen LogP contribution in [0.25, 0.3) is 21.8 Å². The summed E-state index contributed by atoms with van der Waals surface area (Å²) in [5.41, 5.74) is 2.75. The molecule has 1 N–H and O–H groups in total. The Morgan fingerprint density at radius 3 is 2.21 bits per heavy atom. The molecule has 7 rings (SSSR count). The Bertz CT molecular complexity index is 1540. The molecule has 2 saturated heterocycles. The van der Waals surface area contributed by atoms with Crippen LogP contribution >= 0.6 is 0 Å². The summed E-state index contributed by atoms with van der Waals surface area (Å²) >= 11 is 0. The second-order valence-electron chi connectivity index (χ2n) is 10.6. The largest absolute Gasteiger partial charge is 0.491 e. The lowest BCUT2D eigenvalue weighted by atomic mass is 9.60. The molecule has 4 atom stereocenters. The van der Waals surface area contributed by atoms with E-state index in [9.17, 15) is 9.59 Å². The molecule has 1 aromatic heterocycles. The first-order chi connectivity index (χ1) is 18.6. The maximum Gasteiger partial charge on any atom is 0.254 e. The normalized spacial score (nSPS) is 23.9. The number of nitrogens with one attached hydrogen (secondary N) is 1. The Labute approximate surface area is 222 Å². The van der Waals surface area contributed by atoms with E-state index < -0.39 is 0 Å². The van der Waals surface area contributed by atoms with E-state index in [4.69, 9.17) is 9.47 Å². The third-order valence-electron chi connectivity index (χ3n) is 8.68. The number of nitrogens with zero attached hydrogens (tertiary/aromatic N) is 4. The van der Waals surface area contributed by atoms with Gasteiger partial charge in [-0.2, -0.15) is 15.4 Å². The lowest BCUT2D eigenvalue weighted by Gasteiger charge is -2.42. The minimum absolute atomic E-state index is 0. The van der Waals surface area contributed by atoms with Crippen LogP contribution in [-0.2, 0) is 4.74 Å². The van der Waals surface area contributed by atoms with Gasteiger partial charge in [0.25, 0.3) is 11.8 Å². The lowest BCUT2D eigenvalue weighted by molar-refractivity contribution is 0.0629. The lowest BCUT2D eigenvalue weighted by Crippen LogP contribution is -2.44. The average Bonchev–Trinajstić information content (AvgIpc) is 3.66. The van der Waals surface area contributed by atoms with Crippen LogP contribution < -0.4 is 4.74 Å². The second kappa shape index (κ2) is 9.09. The zero-order valence-corrected chi connectivity index (χ0v) is 21.2. The number of rotatable bonds is 6. The number of hydrogen-bond donors (Lipinski definition) is 1. The first-order valence-electron chi connectivity index (χ1n) is 13.1. The Kier molecular flexibility index (Phi) is 5.54. The van der Waals surface area contributed by atoms with E-state index >= 15 is 0 Å². The fraction of sp³-hybridized carbons (Fsp3) is 0.379. The van der Waals surface area contributed by atoms with Gasteiger partial charge in [-0.15, -0.1) is 0 Å². The Hall–Kier alpha value is -3.98. The maximum absolute atomic E-state index is 13.6. The number of hydrogen-bond acceptors (Lipinski definition) is 6. The van der Waals surface area contributed by atoms with Gasteiger partial charge in [0.15, 0.2) is 0 Å². The van der Waals surface area contributed by atoms with E-state index in [0.717, 1.165) is 42.5 Å². The van der Waals surface area contributed by atoms with Crippen LogP contribution in [0, 0.1) is 23.7 Å². The van der Waals surface area contributed by atoms with Crippen LogP contribution in [0.1, 0.15) is 23.6 Å². The minimum Gasteiger partial charge on any atom is -0.491 e. The van der Waals surface area contributed by atoms with Crippen LogP contribution in [0.15, 0.2) is 54.6 Å². The van der Waals surface area contributed by atoms with Gasteiger partial charge < -0.3 is 19.3 Å². The van der Waals surface area contributed by atoms with E-state index in [1.165, 1.54) is 0 Å². The molecule has 2 unspecified atom stereocenters. The van der Waals surface area contributed by atoms with Crippen molar-refractivity contribution in [1.82, 2.24) is 25.2 Å². The molecule has 0 radical (unpaired) electrons. The zero-order chi connectivity index (χ0) is 25.8. The van der Waals surface area contributed by atoms with Gasteiger partial charge in [-0.25, -0.2) is 0 Å². The molecule has 0 spiro atoms. The highest BCUT2D eigenvalue weighted by Gasteiger charge is 2.59. The summed E-state index contributed by atoms with van der Waals surface area (Å²) in [6.45, 7) is 3.89. The molecule has 38 heavy (non-hydrogen) atoms. The number of ether oxygens (including phenoxy) is 2. The van der Waals surface area contributed by atoms with E-state index in [-0.39, 0.29) is 14.7 Å². The minimum atomic E-state index is 0. The van der Waals surface area contributed by atoms with E-state index in [0.29, 0.717) is 59.3 Å². The average molecular weight is 516 g/mol. The third-order valence-corrected chi connectivity index (χ3v) is 8.68. The second-order valence-corrected chi connectivity index (χ2v) is 10.6. The highest BCUT2D eigenvalue weighted by Crippen LogP contribution is 2.54. The highest BCUT2D eigenvalue weighted by atomic mass is 16.5. The molecule has 4 aromatic rings. The summed E-state index contributed by atoms with van der Waals surface area (Å²) in [5.74, 6) is 2.58. The number of aromatic amines is 1. The van der Waals surface area contributed by atoms with Crippen molar-refractivity contribution in [2.75, 3.05) is 46.5 Å². The Balaban J connectivity index is 0.00000161. The molecule has 1 aliphatic carbocycles. The molecule has 0 bridgehead atoms. The number of benzene rings is 3. The standard InChI is InChI=1S/C29H29N5O4.2H2/c1-37-8-9-38-27-12-19(10-17-4-2-3-5-20(17)27)29(36)34-15-23-21-13-33(14-22(21)24(23)16-34)28(35)18-6-7-25-26(11-18)31-32-30-25;;/h2-7,10-12,21-24H,8-9,13-16H2,1H3,(H,30,31,32);2*1H/t21-,22+,23?,24?;;. The van der Waals surface area contributed by atoms with Crippen molar-refractivity contribution in [3.8, 4) is 5.75 Å². The van der Waals surface area contributed by atoms with Gasteiger partial charge in [0.05, 0.1) is 6.61 Å². The van der Waals surface area contributed by atoms with Crippen LogP contribution in [-0.4, -0.2) is 83.5 Å². The van der Waals surface area contributed by atoms with Gasteiger partial charge in [0, 0.05) is 52.7 Å². The van der Waals surface area contributed by atoms with E-state index in [1.54, 1.807) is 13.2 Å². The number of likely N-dealkylation sites (tertiary alicyclic amines) is 2. The van der Waals surface area contributed by atoms with Crippen molar-refractivity contribution >= 4 is 33.6 Å². The number of H-pyrrole nitrogens is 1. The molecule has 2 amide bonds. The molecule has 2 aliphatic heterocycles. The van der Waals surface area contributed by atoms with Gasteiger partial charge in [-0.3, -0.25) is 9.59 Å². The van der Waals surface area contributed by atoms with Crippen LogP contribution in [0.4, 0.5) is 0 Å². The molecule has 3 heterocycles. The Morgan fingerprint density at radius 2 is 1.50 bits per heavy atom. The van der Waals surface area contributed by atoms with Crippen molar-refractivity contribution in [1.29, 1.82) is 0 Å². The fourth-order valence-corrected chi connectivity index (χ4v) is 6.80. The Morgan fingerprint density at radius 1 is 0.842 bits per heavy atom. The number of amides is 2. The van der Waals surface area contributed by atoms with Gasteiger partial charge in [-0.05, 0) is 59.4 Å². The smallest absolute Gasteiger partial charge is 0.254 e. The zero-order valence-electron chi connectivity index (χ0n) is 21.2. The topological polar surface area (TPSA) is 101 Å². The fourth-order valence-electron chi connectivity index (χ4n) is 6.80. The monoisotopic (exact) mass is 515 g/mol. The number of fused-ring (bicyclic) bond motifs is 6. The van der Waals surface area contributed by atoms with Crippen LogP contribution in [0.5, 0.6) is 5.75 Å². The number of carbonyl (C=O) groups is 2. The summed E-state index contributed by atoms with van der Waals surface area (Å²) in [7, 11) is 1.64. The molecule has 3 fully saturated rings. The SMILES string of the molecule is COCCOc1cc(C(=O)N2CC3C(C2)[C@@H]2CN(C(=O)c4ccc5n[nH]nc5c4)C[C@H]32)cc2ccccc12.[HH].[HH]. The molecule has 3 aromatic carbocycles. The third kappa shape index (κ3) is 3.72. The van der Waals surface area contributed by atoms with Crippen molar-refractivity contribution in [3.63, 3.8) is 0 Å². The number of methoxy groups -OCH3 is 1. The maximum atomic E-state index is 13.6. The number of aromatic nitrogens is 3. The van der Waals surface area contributed by atoms with Gasteiger partial charge in [0.2, 0.25) is 0 Å². The summed E-state index contributed by atoms with van der Waals surface area (Å²) < 4.78 is 11.1. The van der Waals surface area contributed by atoms with Crippen molar-refractivity contribution in [2.45, 2.75) is 0 Å². The summed E-state index contributed by atoms with van der Waals surface area (Å²) in [4.78, 5) is 30.8. The quantitative estimate of drug-likeness (QED) is 0.393. The first kappa shape index (κ1) is 23.2. The molecule has 9 heteroatoms. The van der Waals surface area contributed by atoms with Crippen molar-refractivity contribution in [3.05, 3.63) is 65.7 Å². The number of carbonyl (C=O) groups excluding carboxylic acids is 2. The molecule has 3 aliphatic rings. The molecular weight excluding hydrogens is 482 g/mol. The summed E-state index contributed by atoms with van der Waals surface area (Å²) in [6, 6.07) is 17.3. The predicted octanol–water partition coefficient (Wildman–Crippen LogP) is 3.72. The molecule has 198 valence electrons. The highest BCUT2D eigenvalue weighted by molar-refractivity contribution is 6.01.